The van der Waals surface area contributed by atoms with E-state index in [1.165, 1.54) is 0 Å². The Morgan fingerprint density at radius 1 is 1.29 bits per heavy atom. The van der Waals surface area contributed by atoms with Crippen LogP contribution in [0.1, 0.15) is 23.9 Å². The molecule has 3 aromatic rings. The SMILES string of the molecule is Cn1cc([C@H]2C[C@@H](n3ccc4c(N)nc(Cl)nc43)[C@H](O)[C@@H]2O)cn1. The molecule has 24 heavy (non-hydrogen) atoms. The first-order valence-corrected chi connectivity index (χ1v) is 7.97. The summed E-state index contributed by atoms with van der Waals surface area (Å²) in [6.45, 7) is 0. The monoisotopic (exact) mass is 348 g/mol. The Morgan fingerprint density at radius 3 is 2.79 bits per heavy atom. The molecule has 0 bridgehead atoms. The number of aromatic nitrogens is 5. The number of nitrogen functional groups attached to an aromatic ring is 1. The lowest BCUT2D eigenvalue weighted by Crippen LogP contribution is -2.28. The molecule has 9 heteroatoms. The number of aliphatic hydroxyl groups is 2. The Kier molecular flexibility index (Phi) is 3.48. The molecule has 4 rings (SSSR count). The van der Waals surface area contributed by atoms with E-state index >= 15 is 0 Å². The van der Waals surface area contributed by atoms with E-state index in [4.69, 9.17) is 17.3 Å². The number of nitrogens with two attached hydrogens (primary N) is 1. The van der Waals surface area contributed by atoms with Crippen molar-refractivity contribution in [2.45, 2.75) is 30.6 Å². The van der Waals surface area contributed by atoms with Crippen molar-refractivity contribution in [2.75, 3.05) is 5.73 Å². The Bertz CT molecular complexity index is 907. The topological polar surface area (TPSA) is 115 Å². The highest BCUT2D eigenvalue weighted by Crippen LogP contribution is 2.42. The molecule has 0 aromatic carbocycles. The molecule has 1 aliphatic carbocycles. The number of aryl methyl sites for hydroxylation is 1. The number of halogens is 1. The lowest BCUT2D eigenvalue weighted by atomic mass is 9.99. The average molecular weight is 349 g/mol. The highest BCUT2D eigenvalue weighted by Gasteiger charge is 2.44. The van der Waals surface area contributed by atoms with E-state index in [2.05, 4.69) is 15.1 Å². The van der Waals surface area contributed by atoms with Crippen LogP contribution in [0.4, 0.5) is 5.82 Å². The maximum absolute atomic E-state index is 10.6. The molecular weight excluding hydrogens is 332 g/mol. The first-order chi connectivity index (χ1) is 11.5. The van der Waals surface area contributed by atoms with Crippen LogP contribution in [0, 0.1) is 0 Å². The molecule has 0 aliphatic heterocycles. The van der Waals surface area contributed by atoms with Crippen LogP contribution in [0.3, 0.4) is 0 Å². The van der Waals surface area contributed by atoms with Crippen LogP contribution >= 0.6 is 11.6 Å². The number of rotatable bonds is 2. The fourth-order valence-electron chi connectivity index (χ4n) is 3.54. The first-order valence-electron chi connectivity index (χ1n) is 7.60. The van der Waals surface area contributed by atoms with E-state index in [1.807, 2.05) is 17.8 Å². The molecule has 1 fully saturated rings. The quantitative estimate of drug-likeness (QED) is 0.591. The molecule has 0 unspecified atom stereocenters. The summed E-state index contributed by atoms with van der Waals surface area (Å²) in [5.41, 5.74) is 7.33. The summed E-state index contributed by atoms with van der Waals surface area (Å²) < 4.78 is 3.49. The van der Waals surface area contributed by atoms with Crippen LogP contribution in [-0.2, 0) is 7.05 Å². The van der Waals surface area contributed by atoms with Crippen molar-refractivity contribution in [3.63, 3.8) is 0 Å². The number of nitrogens with zero attached hydrogens (tertiary/aromatic N) is 5. The van der Waals surface area contributed by atoms with Crippen LogP contribution < -0.4 is 5.73 Å². The molecule has 4 N–H and O–H groups in total. The van der Waals surface area contributed by atoms with Gasteiger partial charge in [0.1, 0.15) is 17.6 Å². The van der Waals surface area contributed by atoms with Crippen molar-refractivity contribution < 1.29 is 10.2 Å². The fraction of sp³-hybridized carbons (Fsp3) is 0.400. The number of fused-ring (bicyclic) bond motifs is 1. The van der Waals surface area contributed by atoms with Gasteiger partial charge in [-0.2, -0.15) is 10.1 Å². The number of hydrogen-bond acceptors (Lipinski definition) is 6. The molecule has 0 spiro atoms. The molecule has 0 amide bonds. The van der Waals surface area contributed by atoms with Gasteiger partial charge in [0.05, 0.1) is 23.7 Å². The molecule has 3 heterocycles. The highest BCUT2D eigenvalue weighted by molar-refractivity contribution is 6.28. The molecule has 8 nitrogen and oxygen atoms in total. The van der Waals surface area contributed by atoms with Gasteiger partial charge in [0.25, 0.3) is 0 Å². The second-order valence-electron chi connectivity index (χ2n) is 6.18. The zero-order valence-electron chi connectivity index (χ0n) is 12.9. The second-order valence-corrected chi connectivity index (χ2v) is 6.51. The van der Waals surface area contributed by atoms with Gasteiger partial charge in [-0.25, -0.2) is 4.98 Å². The van der Waals surface area contributed by atoms with Crippen LogP contribution in [0.2, 0.25) is 5.28 Å². The van der Waals surface area contributed by atoms with Crippen LogP contribution in [0.5, 0.6) is 0 Å². The summed E-state index contributed by atoms with van der Waals surface area (Å²) in [5, 5.41) is 25.9. The van der Waals surface area contributed by atoms with Crippen LogP contribution in [0.15, 0.2) is 24.7 Å². The largest absolute Gasteiger partial charge is 0.390 e. The highest BCUT2D eigenvalue weighted by atomic mass is 35.5. The molecular formula is C15H17ClN6O2. The Hall–Kier alpha value is -2.16. The van der Waals surface area contributed by atoms with E-state index < -0.39 is 12.2 Å². The van der Waals surface area contributed by atoms with Gasteiger partial charge in [0.15, 0.2) is 0 Å². The lowest BCUT2D eigenvalue weighted by Gasteiger charge is -2.19. The van der Waals surface area contributed by atoms with Crippen molar-refractivity contribution in [3.05, 3.63) is 35.5 Å². The normalized spacial score (nSPS) is 27.2. The first kappa shape index (κ1) is 15.4. The van der Waals surface area contributed by atoms with E-state index in [1.54, 1.807) is 23.1 Å². The van der Waals surface area contributed by atoms with Gasteiger partial charge in [-0.05, 0) is 29.7 Å². The fourth-order valence-corrected chi connectivity index (χ4v) is 3.72. The maximum atomic E-state index is 10.6. The molecule has 4 atom stereocenters. The van der Waals surface area contributed by atoms with Gasteiger partial charge in [0, 0.05) is 25.4 Å². The summed E-state index contributed by atoms with van der Waals surface area (Å²) in [6, 6.07) is 1.45. The van der Waals surface area contributed by atoms with Crippen LogP contribution in [-0.4, -0.2) is 46.7 Å². The van der Waals surface area contributed by atoms with Crippen molar-refractivity contribution >= 4 is 28.5 Å². The number of hydrogen-bond donors (Lipinski definition) is 3. The van der Waals surface area contributed by atoms with Crippen molar-refractivity contribution in [3.8, 4) is 0 Å². The predicted octanol–water partition coefficient (Wildman–Crippen LogP) is 0.851. The van der Waals surface area contributed by atoms with Gasteiger partial charge >= 0.3 is 0 Å². The summed E-state index contributed by atoms with van der Waals surface area (Å²) in [5.74, 6) is 0.0893. The minimum Gasteiger partial charge on any atom is -0.390 e. The smallest absolute Gasteiger partial charge is 0.226 e. The molecule has 1 aliphatic rings. The Labute approximate surface area is 142 Å². The Morgan fingerprint density at radius 2 is 2.08 bits per heavy atom. The minimum absolute atomic E-state index is 0.0526. The van der Waals surface area contributed by atoms with Crippen LogP contribution in [0.25, 0.3) is 11.0 Å². The number of aliphatic hydroxyl groups excluding tert-OH is 2. The van der Waals surface area contributed by atoms with Crippen molar-refractivity contribution in [1.29, 1.82) is 0 Å². The lowest BCUT2D eigenvalue weighted by molar-refractivity contribution is 0.0179. The van der Waals surface area contributed by atoms with Gasteiger partial charge in [-0.3, -0.25) is 4.68 Å². The van der Waals surface area contributed by atoms with E-state index in [-0.39, 0.29) is 17.2 Å². The average Bonchev–Trinajstić information content (AvgIpc) is 3.20. The molecule has 0 radical (unpaired) electrons. The second kappa shape index (κ2) is 5.44. The van der Waals surface area contributed by atoms with Gasteiger partial charge < -0.3 is 20.5 Å². The zero-order valence-corrected chi connectivity index (χ0v) is 13.7. The van der Waals surface area contributed by atoms with Crippen molar-refractivity contribution in [1.82, 2.24) is 24.3 Å². The van der Waals surface area contributed by atoms with Crippen molar-refractivity contribution in [2.24, 2.45) is 7.05 Å². The summed E-state index contributed by atoms with van der Waals surface area (Å²) in [4.78, 5) is 8.17. The van der Waals surface area contributed by atoms with E-state index in [0.29, 0.717) is 23.3 Å². The Balaban J connectivity index is 1.75. The molecule has 126 valence electrons. The van der Waals surface area contributed by atoms with Gasteiger partial charge in [-0.15, -0.1) is 0 Å². The third-order valence-electron chi connectivity index (χ3n) is 4.74. The predicted molar refractivity (Wildman–Crippen MR) is 88.6 cm³/mol. The zero-order chi connectivity index (χ0) is 17.0. The molecule has 0 saturated heterocycles. The van der Waals surface area contributed by atoms with E-state index in [9.17, 15) is 10.2 Å². The number of anilines is 1. The third kappa shape index (κ3) is 2.26. The summed E-state index contributed by atoms with van der Waals surface area (Å²) in [6.07, 6.45) is 4.10. The third-order valence-corrected chi connectivity index (χ3v) is 4.91. The maximum Gasteiger partial charge on any atom is 0.226 e. The summed E-state index contributed by atoms with van der Waals surface area (Å²) in [7, 11) is 1.82. The van der Waals surface area contributed by atoms with Gasteiger partial charge in [-0.1, -0.05) is 0 Å². The molecule has 3 aromatic heterocycles. The molecule has 1 saturated carbocycles. The minimum atomic E-state index is -0.930. The van der Waals surface area contributed by atoms with E-state index in [0.717, 1.165) is 5.56 Å². The summed E-state index contributed by atoms with van der Waals surface area (Å²) >= 11 is 5.91. The standard InChI is InChI=1S/C15H17ClN6O2/c1-21-6-7(5-18-21)9-4-10(12(24)11(9)23)22-3-2-8-13(17)19-15(16)20-14(8)22/h2-3,5-6,9-12,23-24H,4H2,1H3,(H2,17,19,20)/t9-,10-,11-,12+/m1/s1. The van der Waals surface area contributed by atoms with Gasteiger partial charge in [0.2, 0.25) is 5.28 Å².